The Kier molecular flexibility index (Phi) is 4.20. The molecule has 1 aromatic carbocycles. The molecule has 1 saturated heterocycles. The van der Waals surface area contributed by atoms with Crippen LogP contribution in [0.15, 0.2) is 30.5 Å². The largest absolute Gasteiger partial charge is 0.447 e. The van der Waals surface area contributed by atoms with Gasteiger partial charge in [0.05, 0.1) is 5.52 Å². The fourth-order valence-corrected chi connectivity index (χ4v) is 2.52. The number of fused-ring (bicyclic) bond motifs is 1. The summed E-state index contributed by atoms with van der Waals surface area (Å²) in [5.74, 6) is -0.276. The highest BCUT2D eigenvalue weighted by atomic mass is 16.6. The van der Waals surface area contributed by atoms with Gasteiger partial charge in [0.25, 0.3) is 5.91 Å². The van der Waals surface area contributed by atoms with E-state index >= 15 is 0 Å². The minimum Gasteiger partial charge on any atom is -0.447 e. The minimum atomic E-state index is -0.640. The van der Waals surface area contributed by atoms with Gasteiger partial charge in [-0.3, -0.25) is 4.79 Å². The van der Waals surface area contributed by atoms with Crippen LogP contribution in [0.5, 0.6) is 0 Å². The van der Waals surface area contributed by atoms with Crippen LogP contribution in [0.25, 0.3) is 10.9 Å². The van der Waals surface area contributed by atoms with Crippen molar-refractivity contribution >= 4 is 28.6 Å². The van der Waals surface area contributed by atoms with E-state index in [1.54, 1.807) is 0 Å². The summed E-state index contributed by atoms with van der Waals surface area (Å²) >= 11 is 0. The molecule has 2 heterocycles. The number of amides is 2. The lowest BCUT2D eigenvalue weighted by atomic mass is 10.2. The molecule has 1 unspecified atom stereocenters. The molecule has 7 nitrogen and oxygen atoms in total. The van der Waals surface area contributed by atoms with Crippen LogP contribution < -0.4 is 10.6 Å². The normalized spacial score (nSPS) is 17.3. The topological polar surface area (TPSA) is 75.6 Å². The van der Waals surface area contributed by atoms with E-state index < -0.39 is 12.1 Å². The zero-order valence-electron chi connectivity index (χ0n) is 13.2. The fourth-order valence-electron chi connectivity index (χ4n) is 2.52. The SMILES string of the molecule is CN(C)CCn1ccc2ccc(NC(=O)C3COC(=O)N3)cc21. The first-order valence-corrected chi connectivity index (χ1v) is 7.51. The Morgan fingerprint density at radius 1 is 1.43 bits per heavy atom. The van der Waals surface area contributed by atoms with Crippen LogP contribution in [0.2, 0.25) is 0 Å². The molecule has 1 aliphatic rings. The number of anilines is 1. The van der Waals surface area contributed by atoms with Crippen molar-refractivity contribution in [1.29, 1.82) is 0 Å². The zero-order valence-corrected chi connectivity index (χ0v) is 13.2. The molecule has 122 valence electrons. The van der Waals surface area contributed by atoms with Gasteiger partial charge in [-0.1, -0.05) is 6.07 Å². The van der Waals surface area contributed by atoms with Crippen molar-refractivity contribution in [3.8, 4) is 0 Å². The standard InChI is InChI=1S/C16H20N4O3/c1-19(2)7-8-20-6-5-11-3-4-12(9-14(11)20)17-15(21)13-10-23-16(22)18-13/h3-6,9,13H,7-8,10H2,1-2H3,(H,17,21)(H,18,22). The van der Waals surface area contributed by atoms with E-state index in [1.807, 2.05) is 38.5 Å². The smallest absolute Gasteiger partial charge is 0.407 e. The van der Waals surface area contributed by atoms with E-state index in [9.17, 15) is 9.59 Å². The molecule has 1 atom stereocenters. The van der Waals surface area contributed by atoms with Crippen LogP contribution in [0.4, 0.5) is 10.5 Å². The maximum Gasteiger partial charge on any atom is 0.407 e. The molecule has 23 heavy (non-hydrogen) atoms. The number of hydrogen-bond acceptors (Lipinski definition) is 4. The van der Waals surface area contributed by atoms with Crippen LogP contribution >= 0.6 is 0 Å². The molecule has 1 fully saturated rings. The number of carbonyl (C=O) groups excluding carboxylic acids is 2. The molecule has 0 radical (unpaired) electrons. The Balaban J connectivity index is 1.75. The van der Waals surface area contributed by atoms with Crippen LogP contribution in [0.1, 0.15) is 0 Å². The molecule has 0 aliphatic carbocycles. The first-order valence-electron chi connectivity index (χ1n) is 7.51. The third-order valence-corrected chi connectivity index (χ3v) is 3.82. The third-order valence-electron chi connectivity index (χ3n) is 3.82. The van der Waals surface area contributed by atoms with Crippen molar-refractivity contribution in [2.45, 2.75) is 12.6 Å². The molecule has 3 rings (SSSR count). The Labute approximate surface area is 134 Å². The average Bonchev–Trinajstić information content (AvgIpc) is 3.11. The molecule has 0 spiro atoms. The Morgan fingerprint density at radius 2 is 2.26 bits per heavy atom. The summed E-state index contributed by atoms with van der Waals surface area (Å²) in [7, 11) is 4.07. The van der Waals surface area contributed by atoms with Crippen molar-refractivity contribution in [2.75, 3.05) is 32.6 Å². The number of cyclic esters (lactones) is 1. The number of ether oxygens (including phenoxy) is 1. The summed E-state index contributed by atoms with van der Waals surface area (Å²) in [5, 5.41) is 6.41. The molecule has 2 amide bonds. The van der Waals surface area contributed by atoms with Crippen molar-refractivity contribution in [3.05, 3.63) is 30.5 Å². The van der Waals surface area contributed by atoms with Crippen molar-refractivity contribution in [1.82, 2.24) is 14.8 Å². The van der Waals surface area contributed by atoms with Gasteiger partial charge >= 0.3 is 6.09 Å². The number of benzene rings is 1. The summed E-state index contributed by atoms with van der Waals surface area (Å²) in [4.78, 5) is 25.2. The minimum absolute atomic E-state index is 0.0616. The van der Waals surface area contributed by atoms with Gasteiger partial charge in [0, 0.05) is 25.0 Å². The third kappa shape index (κ3) is 3.45. The molecule has 0 bridgehead atoms. The lowest BCUT2D eigenvalue weighted by molar-refractivity contribution is -0.117. The molecule has 2 N–H and O–H groups in total. The maximum atomic E-state index is 12.1. The van der Waals surface area contributed by atoms with Crippen molar-refractivity contribution in [2.24, 2.45) is 0 Å². The van der Waals surface area contributed by atoms with Gasteiger partial charge in [0.2, 0.25) is 0 Å². The Morgan fingerprint density at radius 3 is 2.96 bits per heavy atom. The number of aromatic nitrogens is 1. The monoisotopic (exact) mass is 316 g/mol. The van der Waals surface area contributed by atoms with Crippen LogP contribution in [0.3, 0.4) is 0 Å². The summed E-state index contributed by atoms with van der Waals surface area (Å²) in [5.41, 5.74) is 1.77. The summed E-state index contributed by atoms with van der Waals surface area (Å²) < 4.78 is 6.89. The van der Waals surface area contributed by atoms with Crippen LogP contribution in [-0.4, -0.2) is 54.8 Å². The highest BCUT2D eigenvalue weighted by molar-refractivity contribution is 5.99. The number of likely N-dealkylation sites (N-methyl/N-ethyl adjacent to an activating group) is 1. The van der Waals surface area contributed by atoms with Gasteiger partial charge in [0.1, 0.15) is 12.6 Å². The lowest BCUT2D eigenvalue weighted by Gasteiger charge is -2.12. The second kappa shape index (κ2) is 6.29. The van der Waals surface area contributed by atoms with E-state index in [0.717, 1.165) is 24.0 Å². The first kappa shape index (κ1) is 15.4. The number of carbonyl (C=O) groups is 2. The predicted octanol–water partition coefficient (Wildman–Crippen LogP) is 1.25. The van der Waals surface area contributed by atoms with Gasteiger partial charge in [-0.05, 0) is 37.7 Å². The molecule has 7 heteroatoms. The predicted molar refractivity (Wildman–Crippen MR) is 87.4 cm³/mol. The second-order valence-corrected chi connectivity index (χ2v) is 5.87. The van der Waals surface area contributed by atoms with E-state index in [0.29, 0.717) is 5.69 Å². The van der Waals surface area contributed by atoms with Crippen molar-refractivity contribution < 1.29 is 14.3 Å². The molecule has 2 aromatic rings. The molecule has 1 aromatic heterocycles. The number of rotatable bonds is 5. The molecular formula is C16H20N4O3. The lowest BCUT2D eigenvalue weighted by Crippen LogP contribution is -2.38. The quantitative estimate of drug-likeness (QED) is 0.870. The Hall–Kier alpha value is -2.54. The van der Waals surface area contributed by atoms with Gasteiger partial charge < -0.3 is 24.8 Å². The number of nitrogens with one attached hydrogen (secondary N) is 2. The highest BCUT2D eigenvalue weighted by Crippen LogP contribution is 2.21. The summed E-state index contributed by atoms with van der Waals surface area (Å²) in [6.45, 7) is 1.87. The van der Waals surface area contributed by atoms with Crippen molar-refractivity contribution in [3.63, 3.8) is 0 Å². The van der Waals surface area contributed by atoms with Crippen LogP contribution in [0, 0.1) is 0 Å². The maximum absolute atomic E-state index is 12.1. The average molecular weight is 316 g/mol. The fraction of sp³-hybridized carbons (Fsp3) is 0.375. The van der Waals surface area contributed by atoms with Gasteiger partial charge in [0.15, 0.2) is 0 Å². The molecule has 1 aliphatic heterocycles. The van der Waals surface area contributed by atoms with E-state index in [-0.39, 0.29) is 12.5 Å². The summed E-state index contributed by atoms with van der Waals surface area (Å²) in [6.07, 6.45) is 1.49. The van der Waals surface area contributed by atoms with Gasteiger partial charge in [-0.2, -0.15) is 0 Å². The first-order chi connectivity index (χ1) is 11.0. The number of hydrogen-bond donors (Lipinski definition) is 2. The van der Waals surface area contributed by atoms with E-state index in [1.165, 1.54) is 0 Å². The molecule has 0 saturated carbocycles. The second-order valence-electron chi connectivity index (χ2n) is 5.87. The zero-order chi connectivity index (χ0) is 16.4. The number of alkyl carbamates (subject to hydrolysis) is 1. The molecular weight excluding hydrogens is 296 g/mol. The number of nitrogens with zero attached hydrogens (tertiary/aromatic N) is 2. The van der Waals surface area contributed by atoms with Crippen LogP contribution in [-0.2, 0) is 16.1 Å². The van der Waals surface area contributed by atoms with E-state index in [4.69, 9.17) is 4.74 Å². The summed E-state index contributed by atoms with van der Waals surface area (Å²) in [6, 6.07) is 7.19. The van der Waals surface area contributed by atoms with Gasteiger partial charge in [-0.25, -0.2) is 4.79 Å². The van der Waals surface area contributed by atoms with E-state index in [2.05, 4.69) is 26.2 Å². The highest BCUT2D eigenvalue weighted by Gasteiger charge is 2.28. The Bertz CT molecular complexity index is 738. The van der Waals surface area contributed by atoms with Gasteiger partial charge in [-0.15, -0.1) is 0 Å².